The van der Waals surface area contributed by atoms with E-state index in [1.165, 1.54) is 6.07 Å². The van der Waals surface area contributed by atoms with Crippen molar-refractivity contribution in [3.63, 3.8) is 0 Å². The van der Waals surface area contributed by atoms with Gasteiger partial charge in [0.2, 0.25) is 0 Å². The van der Waals surface area contributed by atoms with Gasteiger partial charge in [-0.1, -0.05) is 0 Å². The largest absolute Gasteiger partial charge is 0.303 e. The van der Waals surface area contributed by atoms with E-state index in [9.17, 15) is 8.42 Å². The highest BCUT2D eigenvalue weighted by Gasteiger charge is 2.83. The van der Waals surface area contributed by atoms with Crippen LogP contribution in [0.3, 0.4) is 0 Å². The standard InChI is InChI=1S/C18H16N6O2S/c1-11-22-15(7-16(23-11)27(3,25)26)24-13-6-14(20-8-12(13)9-21-24)18(19-2)10-17(18)4-5-17/h6-9H,4-5,10H2,1,3H3. The van der Waals surface area contributed by atoms with E-state index in [1.807, 2.05) is 6.07 Å². The van der Waals surface area contributed by atoms with Gasteiger partial charge in [-0.3, -0.25) is 4.98 Å². The number of sulfone groups is 1. The number of hydrogen-bond acceptors (Lipinski definition) is 6. The fourth-order valence-electron chi connectivity index (χ4n) is 3.92. The molecule has 2 fully saturated rings. The van der Waals surface area contributed by atoms with Crippen LogP contribution in [0.25, 0.3) is 21.6 Å². The van der Waals surface area contributed by atoms with Crippen molar-refractivity contribution in [2.75, 3.05) is 6.26 Å². The summed E-state index contributed by atoms with van der Waals surface area (Å²) in [5.41, 5.74) is 1.12. The SMILES string of the molecule is [C-]#[N+]C1(c2cc3c(cn2)cnn3-c2cc(S(C)(=O)=O)nc(C)n2)CC12CC2. The van der Waals surface area contributed by atoms with Gasteiger partial charge in [0.15, 0.2) is 20.7 Å². The molecule has 1 unspecified atom stereocenters. The summed E-state index contributed by atoms with van der Waals surface area (Å²) in [4.78, 5) is 16.8. The predicted octanol–water partition coefficient (Wildman–Crippen LogP) is 2.22. The zero-order valence-electron chi connectivity index (χ0n) is 14.8. The molecule has 2 aliphatic rings. The Bertz CT molecular complexity index is 1270. The molecule has 0 bridgehead atoms. The molecular weight excluding hydrogens is 364 g/mol. The zero-order chi connectivity index (χ0) is 19.0. The Hall–Kier alpha value is -2.86. The van der Waals surface area contributed by atoms with E-state index < -0.39 is 15.4 Å². The normalized spacial score (nSPS) is 22.7. The average Bonchev–Trinajstić information content (AvgIpc) is 3.49. The molecule has 3 aromatic rings. The summed E-state index contributed by atoms with van der Waals surface area (Å²) in [6.45, 7) is 9.33. The third-order valence-electron chi connectivity index (χ3n) is 5.66. The molecular formula is C18H16N6O2S. The summed E-state index contributed by atoms with van der Waals surface area (Å²) in [7, 11) is -3.47. The minimum atomic E-state index is -3.47. The Morgan fingerprint density at radius 2 is 2.00 bits per heavy atom. The van der Waals surface area contributed by atoms with Crippen LogP contribution in [-0.4, -0.2) is 39.4 Å². The molecule has 8 nitrogen and oxygen atoms in total. The molecule has 2 aliphatic carbocycles. The van der Waals surface area contributed by atoms with Gasteiger partial charge < -0.3 is 4.85 Å². The van der Waals surface area contributed by atoms with Crippen molar-refractivity contribution < 1.29 is 8.42 Å². The zero-order valence-corrected chi connectivity index (χ0v) is 15.7. The van der Waals surface area contributed by atoms with Crippen LogP contribution in [0.2, 0.25) is 0 Å². The van der Waals surface area contributed by atoms with Gasteiger partial charge in [0.05, 0.1) is 17.1 Å². The molecule has 0 saturated heterocycles. The van der Waals surface area contributed by atoms with Crippen LogP contribution in [0.1, 0.15) is 30.8 Å². The van der Waals surface area contributed by atoms with E-state index in [2.05, 4.69) is 24.9 Å². The summed E-state index contributed by atoms with van der Waals surface area (Å²) in [5, 5.41) is 5.13. The van der Waals surface area contributed by atoms with Crippen molar-refractivity contribution >= 4 is 20.7 Å². The minimum Gasteiger partial charge on any atom is -0.303 e. The highest BCUT2D eigenvalue weighted by Crippen LogP contribution is 2.79. The monoisotopic (exact) mass is 380 g/mol. The Labute approximate surface area is 156 Å². The number of aryl methyl sites for hydroxylation is 1. The number of nitrogens with zero attached hydrogens (tertiary/aromatic N) is 6. The van der Waals surface area contributed by atoms with E-state index in [4.69, 9.17) is 6.57 Å². The Morgan fingerprint density at radius 1 is 1.22 bits per heavy atom. The molecule has 9 heteroatoms. The number of hydrogen-bond donors (Lipinski definition) is 0. The van der Waals surface area contributed by atoms with Gasteiger partial charge in [-0.15, -0.1) is 0 Å². The topological polar surface area (TPSA) is 95.0 Å². The van der Waals surface area contributed by atoms with Gasteiger partial charge >= 0.3 is 0 Å². The summed E-state index contributed by atoms with van der Waals surface area (Å²) in [5.74, 6) is 0.728. The van der Waals surface area contributed by atoms with Gasteiger partial charge in [-0.05, 0) is 25.8 Å². The Kier molecular flexibility index (Phi) is 2.96. The first-order valence-electron chi connectivity index (χ1n) is 8.57. The van der Waals surface area contributed by atoms with E-state index >= 15 is 0 Å². The van der Waals surface area contributed by atoms with Crippen molar-refractivity contribution in [1.29, 1.82) is 0 Å². The second-order valence-corrected chi connectivity index (χ2v) is 9.46. The number of fused-ring (bicyclic) bond motifs is 1. The Balaban J connectivity index is 1.69. The molecule has 0 amide bonds. The van der Waals surface area contributed by atoms with Crippen LogP contribution in [0.5, 0.6) is 0 Å². The van der Waals surface area contributed by atoms with Crippen LogP contribution in [0, 0.1) is 18.9 Å². The second kappa shape index (κ2) is 4.89. The van der Waals surface area contributed by atoms with Crippen LogP contribution < -0.4 is 0 Å². The number of rotatable bonds is 3. The molecule has 136 valence electrons. The first kappa shape index (κ1) is 16.3. The fourth-order valence-corrected chi connectivity index (χ4v) is 4.53. The molecule has 2 saturated carbocycles. The van der Waals surface area contributed by atoms with Crippen molar-refractivity contribution in [3.05, 3.63) is 47.5 Å². The van der Waals surface area contributed by atoms with Crippen LogP contribution >= 0.6 is 0 Å². The van der Waals surface area contributed by atoms with Crippen LogP contribution in [0.15, 0.2) is 29.6 Å². The van der Waals surface area contributed by atoms with Gasteiger partial charge in [-0.2, -0.15) is 5.10 Å². The summed E-state index contributed by atoms with van der Waals surface area (Å²) in [6.07, 6.45) is 7.52. The average molecular weight is 380 g/mol. The van der Waals surface area contributed by atoms with Crippen molar-refractivity contribution in [2.24, 2.45) is 5.41 Å². The summed E-state index contributed by atoms with van der Waals surface area (Å²) in [6, 6.07) is 3.31. The first-order chi connectivity index (χ1) is 12.8. The molecule has 0 radical (unpaired) electrons. The quantitative estimate of drug-likeness (QED) is 0.511. The number of pyridine rings is 1. The molecule has 3 aromatic heterocycles. The summed E-state index contributed by atoms with van der Waals surface area (Å²) >= 11 is 0. The number of aromatic nitrogens is 5. The van der Waals surface area contributed by atoms with Gasteiger partial charge in [-0.25, -0.2) is 29.6 Å². The smallest absolute Gasteiger partial charge is 0.280 e. The lowest BCUT2D eigenvalue weighted by Gasteiger charge is -2.08. The van der Waals surface area contributed by atoms with Gasteiger partial charge in [0, 0.05) is 30.3 Å². The van der Waals surface area contributed by atoms with Gasteiger partial charge in [0.25, 0.3) is 5.54 Å². The highest BCUT2D eigenvalue weighted by atomic mass is 32.2. The van der Waals surface area contributed by atoms with E-state index in [0.717, 1.165) is 42.1 Å². The molecule has 5 rings (SSSR count). The fraction of sp³-hybridized carbons (Fsp3) is 0.389. The first-order valence-corrected chi connectivity index (χ1v) is 10.5. The highest BCUT2D eigenvalue weighted by molar-refractivity contribution is 7.90. The van der Waals surface area contributed by atoms with E-state index in [-0.39, 0.29) is 10.4 Å². The van der Waals surface area contributed by atoms with Crippen molar-refractivity contribution in [3.8, 4) is 5.82 Å². The third kappa shape index (κ3) is 2.23. The maximum Gasteiger partial charge on any atom is 0.280 e. The molecule has 0 aromatic carbocycles. The van der Waals surface area contributed by atoms with Crippen LogP contribution in [-0.2, 0) is 15.4 Å². The molecule has 1 atom stereocenters. The lowest BCUT2D eigenvalue weighted by molar-refractivity contribution is 0.596. The van der Waals surface area contributed by atoms with Crippen molar-refractivity contribution in [2.45, 2.75) is 36.8 Å². The lowest BCUT2D eigenvalue weighted by Crippen LogP contribution is -2.10. The van der Waals surface area contributed by atoms with Crippen LogP contribution in [0.4, 0.5) is 0 Å². The van der Waals surface area contributed by atoms with E-state index in [0.29, 0.717) is 11.6 Å². The molecule has 0 aliphatic heterocycles. The molecule has 3 heterocycles. The predicted molar refractivity (Wildman–Crippen MR) is 96.9 cm³/mol. The Morgan fingerprint density at radius 3 is 2.63 bits per heavy atom. The maximum atomic E-state index is 11.9. The lowest BCUT2D eigenvalue weighted by atomic mass is 10.1. The van der Waals surface area contributed by atoms with Crippen molar-refractivity contribution in [1.82, 2.24) is 24.7 Å². The second-order valence-electron chi connectivity index (χ2n) is 7.50. The minimum absolute atomic E-state index is 0.0420. The third-order valence-corrected chi connectivity index (χ3v) is 6.63. The van der Waals surface area contributed by atoms with E-state index in [1.54, 1.807) is 24.0 Å². The molecule has 1 spiro atoms. The summed E-state index contributed by atoms with van der Waals surface area (Å²) < 4.78 is 25.4. The van der Waals surface area contributed by atoms with Gasteiger partial charge in [0.1, 0.15) is 11.5 Å². The molecule has 27 heavy (non-hydrogen) atoms. The maximum absolute atomic E-state index is 11.9. The molecule has 0 N–H and O–H groups in total.